The fourth-order valence-electron chi connectivity index (χ4n) is 4.07. The van der Waals surface area contributed by atoms with Crippen LogP contribution in [0.1, 0.15) is 30.4 Å². The molecule has 0 bridgehead atoms. The fourth-order valence-corrected chi connectivity index (χ4v) is 4.32. The molecule has 0 saturated carbocycles. The molecular formula is C22H21ClFN5O3. The monoisotopic (exact) mass is 457 g/mol. The van der Waals surface area contributed by atoms with Crippen LogP contribution in [0.15, 0.2) is 42.6 Å². The van der Waals surface area contributed by atoms with Gasteiger partial charge in [-0.1, -0.05) is 23.7 Å². The normalized spacial score (nSPS) is 16.8. The van der Waals surface area contributed by atoms with Crippen molar-refractivity contribution in [2.45, 2.75) is 25.6 Å². The van der Waals surface area contributed by atoms with Crippen LogP contribution >= 0.6 is 11.6 Å². The molecule has 3 N–H and O–H groups in total. The number of aromatic nitrogens is 4. The minimum atomic E-state index is -0.332. The van der Waals surface area contributed by atoms with E-state index in [9.17, 15) is 14.6 Å². The number of hydrogen-bond acceptors (Lipinski definition) is 6. The van der Waals surface area contributed by atoms with E-state index in [-0.39, 0.29) is 30.4 Å². The summed E-state index contributed by atoms with van der Waals surface area (Å²) < 4.78 is 23.0. The van der Waals surface area contributed by atoms with E-state index in [1.54, 1.807) is 35.9 Å². The van der Waals surface area contributed by atoms with E-state index in [1.807, 2.05) is 10.6 Å². The first-order valence-electron chi connectivity index (χ1n) is 10.1. The zero-order valence-electron chi connectivity index (χ0n) is 17.2. The average molecular weight is 458 g/mol. The molecule has 1 aliphatic heterocycles. The van der Waals surface area contributed by atoms with Crippen molar-refractivity contribution in [3.8, 4) is 5.88 Å². The molecule has 2 aromatic heterocycles. The van der Waals surface area contributed by atoms with Gasteiger partial charge in [0.1, 0.15) is 12.4 Å². The number of benzene rings is 2. The number of ether oxygens (including phenoxy) is 1. The highest BCUT2D eigenvalue weighted by Crippen LogP contribution is 2.40. The van der Waals surface area contributed by atoms with Crippen LogP contribution in [0.25, 0.3) is 10.8 Å². The Labute approximate surface area is 187 Å². The number of nitrogens with one attached hydrogen (secondary N) is 1. The number of rotatable bonds is 5. The number of anilines is 2. The van der Waals surface area contributed by atoms with Crippen LogP contribution in [0.2, 0.25) is 5.02 Å². The summed E-state index contributed by atoms with van der Waals surface area (Å²) in [5, 5.41) is 33.6. The first kappa shape index (κ1) is 20.7. The Morgan fingerprint density at radius 1 is 1.31 bits per heavy atom. The van der Waals surface area contributed by atoms with Crippen molar-refractivity contribution in [2.24, 2.45) is 0 Å². The third-order valence-electron chi connectivity index (χ3n) is 5.74. The highest BCUT2D eigenvalue weighted by molar-refractivity contribution is 6.36. The summed E-state index contributed by atoms with van der Waals surface area (Å²) in [7, 11) is 0. The number of hydrogen-bond donors (Lipinski definition) is 3. The summed E-state index contributed by atoms with van der Waals surface area (Å²) in [5.41, 5.74) is 1.40. The van der Waals surface area contributed by atoms with E-state index >= 15 is 0 Å². The lowest BCUT2D eigenvalue weighted by Gasteiger charge is -2.26. The molecule has 2 atom stereocenters. The van der Waals surface area contributed by atoms with E-state index in [0.29, 0.717) is 46.5 Å². The molecular weight excluding hydrogens is 437 g/mol. The third-order valence-corrected chi connectivity index (χ3v) is 6.05. The SMILES string of the molecule is C[C@H](CO)n1cc2c(Nc3nnc4n3C(c3cccc(F)c3)COC4)ccc(Cl)c2c1O. The second-order valence-corrected chi connectivity index (χ2v) is 8.20. The smallest absolute Gasteiger partial charge is 0.229 e. The number of aliphatic hydroxyl groups excluding tert-OH is 1. The quantitative estimate of drug-likeness (QED) is 0.416. The van der Waals surface area contributed by atoms with Crippen LogP contribution in [-0.4, -0.2) is 42.8 Å². The first-order chi connectivity index (χ1) is 15.5. The van der Waals surface area contributed by atoms with Crippen molar-refractivity contribution < 1.29 is 19.3 Å². The van der Waals surface area contributed by atoms with Gasteiger partial charge < -0.3 is 24.8 Å². The van der Waals surface area contributed by atoms with Crippen LogP contribution in [0.5, 0.6) is 5.88 Å². The lowest BCUT2D eigenvalue weighted by Crippen LogP contribution is -2.25. The van der Waals surface area contributed by atoms with Gasteiger partial charge in [-0.2, -0.15) is 0 Å². The standard InChI is InChI=1S/C22H21ClFN5O3/c1-12(9-30)28-8-15-17(6-5-16(23)20(15)21(28)31)25-22-27-26-19-11-32-10-18(29(19)22)13-3-2-4-14(24)7-13/h2-8,12,18,30-31H,9-11H2,1H3,(H,25,27)/t12-,18?/m1/s1. The lowest BCUT2D eigenvalue weighted by molar-refractivity contribution is 0.0669. The van der Waals surface area contributed by atoms with E-state index in [0.717, 1.165) is 5.56 Å². The Morgan fingerprint density at radius 3 is 2.94 bits per heavy atom. The average Bonchev–Trinajstić information content (AvgIpc) is 3.37. The fraction of sp³-hybridized carbons (Fsp3) is 0.273. The molecule has 166 valence electrons. The van der Waals surface area contributed by atoms with Crippen LogP contribution in [0, 0.1) is 5.82 Å². The molecule has 0 fully saturated rings. The maximum atomic E-state index is 13.9. The van der Waals surface area contributed by atoms with Crippen molar-refractivity contribution in [3.05, 3.63) is 64.8 Å². The van der Waals surface area contributed by atoms with Gasteiger partial charge in [-0.25, -0.2) is 4.39 Å². The molecule has 0 radical (unpaired) electrons. The van der Waals surface area contributed by atoms with Gasteiger partial charge in [0.2, 0.25) is 11.8 Å². The van der Waals surface area contributed by atoms with E-state index in [1.165, 1.54) is 12.1 Å². The van der Waals surface area contributed by atoms with Gasteiger partial charge in [0.05, 0.1) is 41.4 Å². The van der Waals surface area contributed by atoms with Gasteiger partial charge in [0.25, 0.3) is 0 Å². The van der Waals surface area contributed by atoms with Crippen molar-refractivity contribution in [1.29, 1.82) is 0 Å². The largest absolute Gasteiger partial charge is 0.494 e. The number of aromatic hydroxyl groups is 1. The molecule has 3 heterocycles. The minimum Gasteiger partial charge on any atom is -0.494 e. The van der Waals surface area contributed by atoms with Crippen molar-refractivity contribution in [1.82, 2.24) is 19.3 Å². The second-order valence-electron chi connectivity index (χ2n) is 7.80. The molecule has 0 aliphatic carbocycles. The Balaban J connectivity index is 1.59. The molecule has 2 aromatic carbocycles. The number of aliphatic hydroxyl groups is 1. The Hall–Kier alpha value is -3.14. The lowest BCUT2D eigenvalue weighted by atomic mass is 10.1. The van der Waals surface area contributed by atoms with Crippen molar-refractivity contribution >= 4 is 34.0 Å². The maximum absolute atomic E-state index is 13.9. The number of halogens is 2. The molecule has 0 saturated heterocycles. The molecule has 1 aliphatic rings. The number of nitrogens with zero attached hydrogens (tertiary/aromatic N) is 4. The Kier molecular flexibility index (Phi) is 5.24. The van der Waals surface area contributed by atoms with E-state index in [2.05, 4.69) is 15.5 Å². The predicted molar refractivity (Wildman–Crippen MR) is 118 cm³/mol. The zero-order chi connectivity index (χ0) is 22.4. The van der Waals surface area contributed by atoms with Crippen molar-refractivity contribution in [2.75, 3.05) is 18.5 Å². The predicted octanol–water partition coefficient (Wildman–Crippen LogP) is 4.15. The summed E-state index contributed by atoms with van der Waals surface area (Å²) in [5.74, 6) is 0.729. The molecule has 4 aromatic rings. The topological polar surface area (TPSA) is 97.4 Å². The van der Waals surface area contributed by atoms with Gasteiger partial charge in [0.15, 0.2) is 5.82 Å². The molecule has 0 spiro atoms. The molecule has 32 heavy (non-hydrogen) atoms. The Bertz CT molecular complexity index is 1300. The van der Waals surface area contributed by atoms with Crippen molar-refractivity contribution in [3.63, 3.8) is 0 Å². The summed E-state index contributed by atoms with van der Waals surface area (Å²) in [4.78, 5) is 0. The van der Waals surface area contributed by atoms with Gasteiger partial charge in [0, 0.05) is 11.6 Å². The molecule has 1 unspecified atom stereocenters. The minimum absolute atomic E-state index is 0.0236. The van der Waals surface area contributed by atoms with Crippen LogP contribution in [-0.2, 0) is 11.3 Å². The summed E-state index contributed by atoms with van der Waals surface area (Å²) >= 11 is 6.36. The maximum Gasteiger partial charge on any atom is 0.229 e. The highest BCUT2D eigenvalue weighted by atomic mass is 35.5. The molecule has 0 amide bonds. The number of fused-ring (bicyclic) bond motifs is 2. The van der Waals surface area contributed by atoms with Crippen LogP contribution in [0.4, 0.5) is 16.0 Å². The Morgan fingerprint density at radius 2 is 2.16 bits per heavy atom. The summed E-state index contributed by atoms with van der Waals surface area (Å²) in [6.07, 6.45) is 1.74. The van der Waals surface area contributed by atoms with Gasteiger partial charge in [-0.3, -0.25) is 4.57 Å². The molecule has 10 heteroatoms. The summed E-state index contributed by atoms with van der Waals surface area (Å²) in [6, 6.07) is 9.20. The van der Waals surface area contributed by atoms with E-state index < -0.39 is 0 Å². The van der Waals surface area contributed by atoms with Gasteiger partial charge in [-0.05, 0) is 36.8 Å². The van der Waals surface area contributed by atoms with E-state index in [4.69, 9.17) is 16.3 Å². The second kappa shape index (κ2) is 8.09. The first-order valence-corrected chi connectivity index (χ1v) is 10.5. The van der Waals surface area contributed by atoms with Crippen LogP contribution in [0.3, 0.4) is 0 Å². The van der Waals surface area contributed by atoms with Crippen LogP contribution < -0.4 is 5.32 Å². The summed E-state index contributed by atoms with van der Waals surface area (Å²) in [6.45, 7) is 2.30. The molecule has 5 rings (SSSR count). The zero-order valence-corrected chi connectivity index (χ0v) is 17.9. The highest BCUT2D eigenvalue weighted by Gasteiger charge is 2.28. The van der Waals surface area contributed by atoms with Gasteiger partial charge in [-0.15, -0.1) is 10.2 Å². The molecule has 8 nitrogen and oxygen atoms in total. The third kappa shape index (κ3) is 3.38. The van der Waals surface area contributed by atoms with Gasteiger partial charge >= 0.3 is 0 Å².